The van der Waals surface area contributed by atoms with Crippen LogP contribution in [0.15, 0.2) is 42.5 Å². The number of carboxylic acids is 1. The molecule has 1 amide bonds. The number of ether oxygens (including phenoxy) is 1. The summed E-state index contributed by atoms with van der Waals surface area (Å²) in [4.78, 5) is 31.8. The fourth-order valence-electron chi connectivity index (χ4n) is 6.11. The summed E-state index contributed by atoms with van der Waals surface area (Å²) >= 11 is 0. The minimum atomic E-state index is -0.893. The molecule has 0 spiro atoms. The second-order valence-corrected chi connectivity index (χ2v) is 10.2. The first-order valence-electron chi connectivity index (χ1n) is 13.0. The Morgan fingerprint density at radius 3 is 2.68 bits per heavy atom. The minimum absolute atomic E-state index is 0.00292. The Kier molecular flexibility index (Phi) is 6.88. The van der Waals surface area contributed by atoms with E-state index in [2.05, 4.69) is 10.6 Å². The van der Waals surface area contributed by atoms with Crippen LogP contribution in [0.3, 0.4) is 0 Å². The number of aliphatic carboxylic acids is 1. The van der Waals surface area contributed by atoms with E-state index in [9.17, 15) is 20.0 Å². The lowest BCUT2D eigenvalue weighted by Gasteiger charge is -2.34. The highest BCUT2D eigenvalue weighted by Crippen LogP contribution is 2.41. The van der Waals surface area contributed by atoms with Crippen molar-refractivity contribution in [1.82, 2.24) is 9.55 Å². The van der Waals surface area contributed by atoms with Crippen LogP contribution in [0.2, 0.25) is 0 Å². The van der Waals surface area contributed by atoms with Gasteiger partial charge in [0.15, 0.2) is 0 Å². The quantitative estimate of drug-likeness (QED) is 0.488. The number of carboxylic acid groups (broad SMARTS) is 1. The Bertz CT molecular complexity index is 1360. The molecule has 2 aromatic carbocycles. The smallest absolute Gasteiger partial charge is 0.414 e. The van der Waals surface area contributed by atoms with Crippen LogP contribution in [-0.2, 0) is 22.4 Å². The van der Waals surface area contributed by atoms with Crippen molar-refractivity contribution >= 4 is 28.8 Å². The Hall–Kier alpha value is -3.86. The molecule has 3 aromatic rings. The number of hydrogen-bond acceptors (Lipinski definition) is 5. The average molecular weight is 501 g/mol. The monoisotopic (exact) mass is 500 g/mol. The van der Waals surface area contributed by atoms with E-state index in [4.69, 9.17) is 9.72 Å². The minimum Gasteiger partial charge on any atom is -0.481 e. The molecule has 1 fully saturated rings. The number of fused-ring (bicyclic) bond motifs is 3. The molecule has 1 saturated carbocycles. The first-order valence-corrected chi connectivity index (χ1v) is 13.0. The molecule has 37 heavy (non-hydrogen) atoms. The number of carbonyl (C=O) groups excluding carboxylic acids is 1. The standard InChI is InChI=1S/C29H32N4O4/c1-18-11-12-22-24(32(18)29(36)37-2)13-14-25-27(22)31-26(33(25)21-10-6-7-19(15-21)17-30)16-23(28(34)35)20-8-4-3-5-9-20/h3-5,8-9,13-14,18-19,21,23H,6-7,10-12,15-16H2,1-2H3,(H,34,35)/t18-,19-,21+,23+/m1/s1. The molecule has 0 saturated heterocycles. The van der Waals surface area contributed by atoms with Gasteiger partial charge in [0, 0.05) is 30.0 Å². The topological polar surface area (TPSA) is 108 Å². The summed E-state index contributed by atoms with van der Waals surface area (Å²) in [6, 6.07) is 15.7. The highest BCUT2D eigenvalue weighted by Gasteiger charge is 2.34. The number of nitriles is 1. The molecule has 4 atom stereocenters. The zero-order valence-electron chi connectivity index (χ0n) is 21.3. The number of hydrogen-bond donors (Lipinski definition) is 1. The average Bonchev–Trinajstić information content (AvgIpc) is 3.30. The van der Waals surface area contributed by atoms with Crippen LogP contribution in [0, 0.1) is 17.2 Å². The van der Waals surface area contributed by atoms with Gasteiger partial charge in [-0.1, -0.05) is 36.8 Å². The van der Waals surface area contributed by atoms with E-state index < -0.39 is 18.0 Å². The number of benzene rings is 2. The highest BCUT2D eigenvalue weighted by molar-refractivity contribution is 5.95. The summed E-state index contributed by atoms with van der Waals surface area (Å²) in [6.45, 7) is 2.01. The number of rotatable bonds is 5. The Morgan fingerprint density at radius 1 is 1.19 bits per heavy atom. The predicted molar refractivity (Wildman–Crippen MR) is 140 cm³/mol. The number of methoxy groups -OCH3 is 1. The predicted octanol–water partition coefficient (Wildman–Crippen LogP) is 5.61. The molecule has 192 valence electrons. The fourth-order valence-corrected chi connectivity index (χ4v) is 6.11. The highest BCUT2D eigenvalue weighted by atomic mass is 16.5. The van der Waals surface area contributed by atoms with Crippen LogP contribution in [0.4, 0.5) is 10.5 Å². The van der Waals surface area contributed by atoms with Gasteiger partial charge in [0.25, 0.3) is 0 Å². The third-order valence-electron chi connectivity index (χ3n) is 7.98. The number of anilines is 1. The number of aryl methyl sites for hydroxylation is 1. The number of imidazole rings is 1. The maximum atomic E-state index is 12.6. The van der Waals surface area contributed by atoms with E-state index in [0.717, 1.165) is 66.4 Å². The van der Waals surface area contributed by atoms with Crippen LogP contribution in [-0.4, -0.2) is 39.9 Å². The molecule has 2 aliphatic rings. The summed E-state index contributed by atoms with van der Waals surface area (Å²) in [7, 11) is 1.39. The van der Waals surface area contributed by atoms with Crippen molar-refractivity contribution < 1.29 is 19.4 Å². The molecule has 1 N–H and O–H groups in total. The first kappa shape index (κ1) is 24.8. The van der Waals surface area contributed by atoms with Gasteiger partial charge >= 0.3 is 12.1 Å². The molecule has 0 bridgehead atoms. The first-order chi connectivity index (χ1) is 17.9. The second kappa shape index (κ2) is 10.3. The molecular weight excluding hydrogens is 468 g/mol. The molecule has 1 aliphatic heterocycles. The lowest BCUT2D eigenvalue weighted by Crippen LogP contribution is -2.42. The van der Waals surface area contributed by atoms with E-state index in [1.54, 1.807) is 4.90 Å². The second-order valence-electron chi connectivity index (χ2n) is 10.2. The Morgan fingerprint density at radius 2 is 1.97 bits per heavy atom. The van der Waals surface area contributed by atoms with Crippen molar-refractivity contribution in [1.29, 1.82) is 5.26 Å². The van der Waals surface area contributed by atoms with Gasteiger partial charge in [-0.2, -0.15) is 5.26 Å². The summed E-state index contributed by atoms with van der Waals surface area (Å²) in [5.74, 6) is -0.946. The van der Waals surface area contributed by atoms with E-state index in [0.29, 0.717) is 5.82 Å². The van der Waals surface area contributed by atoms with E-state index in [1.807, 2.05) is 49.4 Å². The zero-order valence-corrected chi connectivity index (χ0v) is 21.3. The van der Waals surface area contributed by atoms with Crippen molar-refractivity contribution in [2.24, 2.45) is 5.92 Å². The van der Waals surface area contributed by atoms with Gasteiger partial charge < -0.3 is 14.4 Å². The molecule has 1 aromatic heterocycles. The van der Waals surface area contributed by atoms with Crippen molar-refractivity contribution in [2.75, 3.05) is 12.0 Å². The third kappa shape index (κ3) is 4.55. The van der Waals surface area contributed by atoms with E-state index >= 15 is 0 Å². The lowest BCUT2D eigenvalue weighted by molar-refractivity contribution is -0.138. The lowest BCUT2D eigenvalue weighted by atomic mass is 9.86. The summed E-state index contributed by atoms with van der Waals surface area (Å²) < 4.78 is 7.26. The van der Waals surface area contributed by atoms with Gasteiger partial charge in [-0.25, -0.2) is 9.78 Å². The maximum Gasteiger partial charge on any atom is 0.414 e. The summed E-state index contributed by atoms with van der Waals surface area (Å²) in [5, 5.41) is 19.8. The van der Waals surface area contributed by atoms with Crippen LogP contribution >= 0.6 is 0 Å². The summed E-state index contributed by atoms with van der Waals surface area (Å²) in [6.07, 6.45) is 4.87. The number of aromatic nitrogens is 2. The molecule has 8 nitrogen and oxygen atoms in total. The fraction of sp³-hybridized carbons (Fsp3) is 0.448. The van der Waals surface area contributed by atoms with Crippen LogP contribution in [0.5, 0.6) is 0 Å². The Balaban J connectivity index is 1.66. The van der Waals surface area contributed by atoms with Gasteiger partial charge in [-0.05, 0) is 56.7 Å². The van der Waals surface area contributed by atoms with Crippen LogP contribution in [0.1, 0.15) is 67.9 Å². The van der Waals surface area contributed by atoms with Gasteiger partial charge in [0.1, 0.15) is 5.82 Å². The van der Waals surface area contributed by atoms with E-state index in [-0.39, 0.29) is 24.4 Å². The van der Waals surface area contributed by atoms with Gasteiger partial charge in [-0.3, -0.25) is 9.69 Å². The van der Waals surface area contributed by atoms with Gasteiger partial charge in [-0.15, -0.1) is 0 Å². The number of amides is 1. The number of nitrogens with zero attached hydrogens (tertiary/aromatic N) is 4. The van der Waals surface area contributed by atoms with Crippen LogP contribution in [0.25, 0.3) is 11.0 Å². The van der Waals surface area contributed by atoms with Crippen LogP contribution < -0.4 is 4.90 Å². The number of carbonyl (C=O) groups is 2. The van der Waals surface area contributed by atoms with Gasteiger partial charge in [0.2, 0.25) is 0 Å². The van der Waals surface area contributed by atoms with Gasteiger partial charge in [0.05, 0.1) is 35.8 Å². The molecule has 8 heteroatoms. The molecule has 0 radical (unpaired) electrons. The van der Waals surface area contributed by atoms with Crippen molar-refractivity contribution in [2.45, 2.75) is 69.9 Å². The van der Waals surface area contributed by atoms with Crippen molar-refractivity contribution in [3.8, 4) is 6.07 Å². The van der Waals surface area contributed by atoms with Crippen molar-refractivity contribution in [3.05, 3.63) is 59.4 Å². The SMILES string of the molecule is COC(=O)N1c2ccc3c(nc(C[C@H](C(=O)O)c4ccccc4)n3[C@H]3CCC[C@@H](C#N)C3)c2CC[C@H]1C. The molecule has 2 heterocycles. The zero-order chi connectivity index (χ0) is 26.1. The third-order valence-corrected chi connectivity index (χ3v) is 7.98. The largest absolute Gasteiger partial charge is 0.481 e. The maximum absolute atomic E-state index is 12.6. The molecular formula is C29H32N4O4. The normalized spacial score (nSPS) is 22.2. The molecule has 0 unspecified atom stereocenters. The van der Waals surface area contributed by atoms with E-state index in [1.165, 1.54) is 7.11 Å². The summed E-state index contributed by atoms with van der Waals surface area (Å²) in [5.41, 5.74) is 4.27. The molecule has 1 aliphatic carbocycles. The molecule has 5 rings (SSSR count). The van der Waals surface area contributed by atoms with Crippen molar-refractivity contribution in [3.63, 3.8) is 0 Å². The Labute approximate surface area is 216 Å².